The van der Waals surface area contributed by atoms with E-state index in [1.165, 1.54) is 11.1 Å². The Balaban J connectivity index is 1.56. The third-order valence-corrected chi connectivity index (χ3v) is 4.27. The second-order valence-corrected chi connectivity index (χ2v) is 5.75. The molecular weight excluding hydrogens is 270 g/mol. The number of rotatable bonds is 3. The molecule has 0 saturated carbocycles. The second kappa shape index (κ2) is 5.99. The molecule has 1 saturated heterocycles. The first-order valence-corrected chi connectivity index (χ1v) is 7.45. The van der Waals surface area contributed by atoms with Gasteiger partial charge in [-0.15, -0.1) is 11.3 Å². The van der Waals surface area contributed by atoms with Crippen LogP contribution in [0.25, 0.3) is 0 Å². The molecule has 1 aliphatic heterocycles. The maximum absolute atomic E-state index is 8.72. The molecule has 0 spiro atoms. The van der Waals surface area contributed by atoms with Crippen molar-refractivity contribution < 1.29 is 0 Å². The number of thiophene rings is 1. The summed E-state index contributed by atoms with van der Waals surface area (Å²) in [6.07, 6.45) is 3.22. The average molecular weight is 285 g/mol. The zero-order chi connectivity index (χ0) is 13.8. The van der Waals surface area contributed by atoms with Gasteiger partial charge in [-0.3, -0.25) is 4.90 Å². The predicted molar refractivity (Wildman–Crippen MR) is 78.6 cm³/mol. The summed E-state index contributed by atoms with van der Waals surface area (Å²) in [4.78, 5) is 14.5. The van der Waals surface area contributed by atoms with Crippen LogP contribution >= 0.6 is 11.3 Å². The molecule has 1 fully saturated rings. The average Bonchev–Trinajstić information content (AvgIpc) is 3.01. The third-order valence-electron chi connectivity index (χ3n) is 3.41. The largest absolute Gasteiger partial charge is 0.353 e. The molecule has 0 radical (unpaired) electrons. The van der Waals surface area contributed by atoms with Gasteiger partial charge in [-0.2, -0.15) is 5.26 Å². The molecule has 0 atom stereocenters. The molecule has 0 aromatic carbocycles. The number of anilines is 1. The number of piperazine rings is 1. The van der Waals surface area contributed by atoms with Gasteiger partial charge in [0.2, 0.25) is 0 Å². The van der Waals surface area contributed by atoms with Crippen molar-refractivity contribution >= 4 is 17.2 Å². The van der Waals surface area contributed by atoms with Gasteiger partial charge in [0.1, 0.15) is 11.9 Å². The van der Waals surface area contributed by atoms with Crippen molar-refractivity contribution in [3.63, 3.8) is 0 Å². The summed E-state index contributed by atoms with van der Waals surface area (Å²) in [5.41, 5.74) is 0.366. The molecule has 1 aliphatic rings. The zero-order valence-electron chi connectivity index (χ0n) is 11.1. The SMILES string of the molecule is N#Cc1cnc(N2CCN(Cc3cccs3)CC2)cn1. The number of hydrogen-bond donors (Lipinski definition) is 0. The highest BCUT2D eigenvalue weighted by Crippen LogP contribution is 2.16. The summed E-state index contributed by atoms with van der Waals surface area (Å²) in [7, 11) is 0. The molecule has 3 rings (SSSR count). The van der Waals surface area contributed by atoms with Crippen LogP contribution in [0.3, 0.4) is 0 Å². The standard InChI is InChI=1S/C14H15N5S/c15-8-12-9-17-14(10-16-12)19-5-3-18(4-6-19)11-13-2-1-7-20-13/h1-2,7,9-10H,3-6,11H2. The van der Waals surface area contributed by atoms with E-state index in [-0.39, 0.29) is 0 Å². The number of nitrogens with zero attached hydrogens (tertiary/aromatic N) is 5. The lowest BCUT2D eigenvalue weighted by Gasteiger charge is -2.34. The molecule has 6 heteroatoms. The van der Waals surface area contributed by atoms with Gasteiger partial charge in [0.05, 0.1) is 12.4 Å². The minimum absolute atomic E-state index is 0.366. The van der Waals surface area contributed by atoms with E-state index in [9.17, 15) is 0 Å². The van der Waals surface area contributed by atoms with Crippen molar-refractivity contribution in [2.24, 2.45) is 0 Å². The fourth-order valence-electron chi connectivity index (χ4n) is 2.30. The summed E-state index contributed by atoms with van der Waals surface area (Å²) < 4.78 is 0. The van der Waals surface area contributed by atoms with Gasteiger partial charge in [-0.25, -0.2) is 9.97 Å². The maximum Gasteiger partial charge on any atom is 0.158 e. The molecule has 0 bridgehead atoms. The first-order valence-electron chi connectivity index (χ1n) is 6.57. The quantitative estimate of drug-likeness (QED) is 0.859. The van der Waals surface area contributed by atoms with Crippen LogP contribution in [0.5, 0.6) is 0 Å². The Morgan fingerprint density at radius 1 is 1.20 bits per heavy atom. The Morgan fingerprint density at radius 2 is 2.05 bits per heavy atom. The van der Waals surface area contributed by atoms with Crippen LogP contribution in [0.4, 0.5) is 5.82 Å². The van der Waals surface area contributed by atoms with E-state index in [2.05, 4.69) is 37.3 Å². The van der Waals surface area contributed by atoms with Crippen LogP contribution in [-0.4, -0.2) is 41.0 Å². The first kappa shape index (κ1) is 13.0. The highest BCUT2D eigenvalue weighted by molar-refractivity contribution is 7.09. The minimum Gasteiger partial charge on any atom is -0.353 e. The molecule has 0 amide bonds. The molecule has 2 aromatic heterocycles. The van der Waals surface area contributed by atoms with E-state index in [0.29, 0.717) is 5.69 Å². The lowest BCUT2D eigenvalue weighted by Crippen LogP contribution is -2.46. The van der Waals surface area contributed by atoms with Gasteiger partial charge in [-0.05, 0) is 11.4 Å². The van der Waals surface area contributed by atoms with Crippen LogP contribution in [0.2, 0.25) is 0 Å². The van der Waals surface area contributed by atoms with E-state index in [0.717, 1.165) is 38.5 Å². The molecule has 0 unspecified atom stereocenters. The fraction of sp³-hybridized carbons (Fsp3) is 0.357. The van der Waals surface area contributed by atoms with Crippen molar-refractivity contribution in [2.45, 2.75) is 6.54 Å². The monoisotopic (exact) mass is 285 g/mol. The van der Waals surface area contributed by atoms with Crippen molar-refractivity contribution in [1.82, 2.24) is 14.9 Å². The van der Waals surface area contributed by atoms with Gasteiger partial charge < -0.3 is 4.90 Å². The van der Waals surface area contributed by atoms with Gasteiger partial charge in [-0.1, -0.05) is 6.07 Å². The smallest absolute Gasteiger partial charge is 0.158 e. The first-order chi connectivity index (χ1) is 9.85. The van der Waals surface area contributed by atoms with E-state index < -0.39 is 0 Å². The van der Waals surface area contributed by atoms with Crippen molar-refractivity contribution in [1.29, 1.82) is 5.26 Å². The second-order valence-electron chi connectivity index (χ2n) is 4.71. The van der Waals surface area contributed by atoms with Crippen LogP contribution in [0.1, 0.15) is 10.6 Å². The lowest BCUT2D eigenvalue weighted by atomic mass is 10.3. The molecule has 2 aromatic rings. The molecule has 102 valence electrons. The zero-order valence-corrected chi connectivity index (χ0v) is 11.9. The van der Waals surface area contributed by atoms with E-state index in [1.807, 2.05) is 17.4 Å². The summed E-state index contributed by atoms with van der Waals surface area (Å²) in [5, 5.41) is 10.8. The maximum atomic E-state index is 8.72. The van der Waals surface area contributed by atoms with Crippen LogP contribution < -0.4 is 4.90 Å². The van der Waals surface area contributed by atoms with Gasteiger partial charge in [0.15, 0.2) is 5.69 Å². The minimum atomic E-state index is 0.366. The van der Waals surface area contributed by atoms with Gasteiger partial charge in [0, 0.05) is 37.6 Å². The van der Waals surface area contributed by atoms with Gasteiger partial charge >= 0.3 is 0 Å². The van der Waals surface area contributed by atoms with Gasteiger partial charge in [0.25, 0.3) is 0 Å². The van der Waals surface area contributed by atoms with Crippen LogP contribution in [-0.2, 0) is 6.54 Å². The topological polar surface area (TPSA) is 56.1 Å². The normalized spacial score (nSPS) is 16.1. The molecule has 0 aliphatic carbocycles. The van der Waals surface area contributed by atoms with Crippen molar-refractivity contribution in [3.05, 3.63) is 40.5 Å². The summed E-state index contributed by atoms with van der Waals surface area (Å²) in [6, 6.07) is 6.27. The molecule has 20 heavy (non-hydrogen) atoms. The van der Waals surface area contributed by atoms with Crippen LogP contribution in [0, 0.1) is 11.3 Å². The van der Waals surface area contributed by atoms with E-state index in [4.69, 9.17) is 5.26 Å². The highest BCUT2D eigenvalue weighted by atomic mass is 32.1. The Kier molecular flexibility index (Phi) is 3.90. The van der Waals surface area contributed by atoms with Crippen molar-refractivity contribution in [2.75, 3.05) is 31.1 Å². The lowest BCUT2D eigenvalue weighted by molar-refractivity contribution is 0.251. The number of nitriles is 1. The van der Waals surface area contributed by atoms with Crippen LogP contribution in [0.15, 0.2) is 29.9 Å². The number of hydrogen-bond acceptors (Lipinski definition) is 6. The summed E-state index contributed by atoms with van der Waals surface area (Å²) in [6.45, 7) is 4.99. The number of aromatic nitrogens is 2. The summed E-state index contributed by atoms with van der Waals surface area (Å²) in [5.74, 6) is 0.861. The van der Waals surface area contributed by atoms with Crippen molar-refractivity contribution in [3.8, 4) is 6.07 Å². The fourth-order valence-corrected chi connectivity index (χ4v) is 3.05. The van der Waals surface area contributed by atoms with E-state index in [1.54, 1.807) is 6.20 Å². The Morgan fingerprint density at radius 3 is 2.65 bits per heavy atom. The third kappa shape index (κ3) is 2.95. The molecule has 0 N–H and O–H groups in total. The highest BCUT2D eigenvalue weighted by Gasteiger charge is 2.18. The summed E-state index contributed by atoms with van der Waals surface area (Å²) >= 11 is 1.81. The predicted octanol–water partition coefficient (Wildman–Crippen LogP) is 1.73. The molecule has 5 nitrogen and oxygen atoms in total. The van der Waals surface area contributed by atoms with E-state index >= 15 is 0 Å². The Labute approximate surface area is 122 Å². The Hall–Kier alpha value is -1.97. The molecular formula is C14H15N5S. The Bertz CT molecular complexity index is 579. The molecule has 3 heterocycles.